The van der Waals surface area contributed by atoms with Gasteiger partial charge in [0.25, 0.3) is 0 Å². The number of aromatic nitrogens is 2. The molecule has 12 heavy (non-hydrogen) atoms. The van der Waals surface area contributed by atoms with Gasteiger partial charge in [-0.2, -0.15) is 0 Å². The first-order valence-electron chi connectivity index (χ1n) is 4.14. The minimum Gasteiger partial charge on any atom is -0.256 e. The highest BCUT2D eigenvalue weighted by Gasteiger charge is 2.06. The van der Waals surface area contributed by atoms with E-state index in [-0.39, 0.29) is 0 Å². The maximum Gasteiger partial charge on any atom is 0.150 e. The molecule has 0 aliphatic carbocycles. The highest BCUT2D eigenvalue weighted by Crippen LogP contribution is 2.18. The molecular formula is C9H13ClN2. The fraction of sp³-hybridized carbons (Fsp3) is 0.556. The summed E-state index contributed by atoms with van der Waals surface area (Å²) in [6.07, 6.45) is 2.86. The molecule has 0 saturated heterocycles. The summed E-state index contributed by atoms with van der Waals surface area (Å²) in [5.74, 6) is 0.440. The second-order valence-electron chi connectivity index (χ2n) is 2.98. The Hall–Kier alpha value is -0.630. The third-order valence-corrected chi connectivity index (χ3v) is 2.39. The molecule has 0 aliphatic heterocycles. The van der Waals surface area contributed by atoms with Crippen molar-refractivity contribution >= 4 is 11.6 Å². The van der Waals surface area contributed by atoms with E-state index in [0.29, 0.717) is 11.1 Å². The van der Waals surface area contributed by atoms with Crippen molar-refractivity contribution in [2.24, 2.45) is 0 Å². The van der Waals surface area contributed by atoms with Gasteiger partial charge in [-0.05, 0) is 19.3 Å². The van der Waals surface area contributed by atoms with Crippen molar-refractivity contribution in [3.8, 4) is 0 Å². The summed E-state index contributed by atoms with van der Waals surface area (Å²) in [7, 11) is 0. The van der Waals surface area contributed by atoms with Crippen LogP contribution in [0.2, 0.25) is 5.15 Å². The summed E-state index contributed by atoms with van der Waals surface area (Å²) in [6.45, 7) is 6.10. The maximum atomic E-state index is 5.84. The Morgan fingerprint density at radius 2 is 2.25 bits per heavy atom. The van der Waals surface area contributed by atoms with E-state index in [1.807, 2.05) is 6.92 Å². The minimum atomic E-state index is 0.440. The first kappa shape index (κ1) is 9.46. The van der Waals surface area contributed by atoms with Gasteiger partial charge in [-0.15, -0.1) is 0 Å². The molecule has 2 nitrogen and oxygen atoms in total. The van der Waals surface area contributed by atoms with E-state index in [4.69, 9.17) is 11.6 Å². The molecule has 1 rings (SSSR count). The minimum absolute atomic E-state index is 0.440. The van der Waals surface area contributed by atoms with Crippen LogP contribution in [0.1, 0.15) is 37.6 Å². The highest BCUT2D eigenvalue weighted by atomic mass is 35.5. The van der Waals surface area contributed by atoms with Crippen molar-refractivity contribution in [1.82, 2.24) is 9.97 Å². The average molecular weight is 185 g/mol. The SMILES string of the molecule is CCC(C)c1cnc(C)c(Cl)n1. The largest absolute Gasteiger partial charge is 0.256 e. The summed E-state index contributed by atoms with van der Waals surface area (Å²) in [4.78, 5) is 8.40. The molecule has 0 spiro atoms. The van der Waals surface area contributed by atoms with E-state index in [1.54, 1.807) is 6.20 Å². The molecule has 1 unspecified atom stereocenters. The van der Waals surface area contributed by atoms with E-state index in [0.717, 1.165) is 17.8 Å². The predicted molar refractivity (Wildman–Crippen MR) is 50.5 cm³/mol. The van der Waals surface area contributed by atoms with Crippen LogP contribution in [0.4, 0.5) is 0 Å². The monoisotopic (exact) mass is 184 g/mol. The van der Waals surface area contributed by atoms with Gasteiger partial charge in [-0.1, -0.05) is 25.4 Å². The van der Waals surface area contributed by atoms with E-state index in [2.05, 4.69) is 23.8 Å². The number of aryl methyl sites for hydroxylation is 1. The Bertz CT molecular complexity index is 273. The lowest BCUT2D eigenvalue weighted by Gasteiger charge is -2.07. The van der Waals surface area contributed by atoms with Crippen LogP contribution < -0.4 is 0 Å². The van der Waals surface area contributed by atoms with Crippen LogP contribution in [0.5, 0.6) is 0 Å². The molecule has 1 aromatic rings. The van der Waals surface area contributed by atoms with Crippen LogP contribution in [0, 0.1) is 6.92 Å². The molecule has 0 bridgehead atoms. The lowest BCUT2D eigenvalue weighted by Crippen LogP contribution is -1.98. The Morgan fingerprint density at radius 1 is 1.58 bits per heavy atom. The predicted octanol–water partition coefficient (Wildman–Crippen LogP) is 2.95. The summed E-state index contributed by atoms with van der Waals surface area (Å²) < 4.78 is 0. The van der Waals surface area contributed by atoms with Crippen molar-refractivity contribution in [1.29, 1.82) is 0 Å². The molecule has 0 aliphatic rings. The van der Waals surface area contributed by atoms with Gasteiger partial charge in [-0.25, -0.2) is 4.98 Å². The van der Waals surface area contributed by atoms with Gasteiger partial charge < -0.3 is 0 Å². The molecule has 0 saturated carbocycles. The number of hydrogen-bond donors (Lipinski definition) is 0. The van der Waals surface area contributed by atoms with Gasteiger partial charge in [0, 0.05) is 6.20 Å². The molecule has 0 radical (unpaired) electrons. The van der Waals surface area contributed by atoms with E-state index >= 15 is 0 Å². The molecule has 0 aromatic carbocycles. The lowest BCUT2D eigenvalue weighted by molar-refractivity contribution is 0.701. The number of hydrogen-bond acceptors (Lipinski definition) is 2. The second-order valence-corrected chi connectivity index (χ2v) is 3.34. The fourth-order valence-corrected chi connectivity index (χ4v) is 1.03. The molecule has 66 valence electrons. The Labute approximate surface area is 78.0 Å². The Morgan fingerprint density at radius 3 is 2.75 bits per heavy atom. The number of halogens is 1. The smallest absolute Gasteiger partial charge is 0.150 e. The quantitative estimate of drug-likeness (QED) is 0.707. The third-order valence-electron chi connectivity index (χ3n) is 2.03. The van der Waals surface area contributed by atoms with Crippen LogP contribution in [-0.2, 0) is 0 Å². The summed E-state index contributed by atoms with van der Waals surface area (Å²) in [5, 5.41) is 0.521. The number of nitrogens with zero attached hydrogens (tertiary/aromatic N) is 2. The molecule has 0 N–H and O–H groups in total. The molecular weight excluding hydrogens is 172 g/mol. The Kier molecular flexibility index (Phi) is 3.04. The highest BCUT2D eigenvalue weighted by molar-refractivity contribution is 6.29. The summed E-state index contributed by atoms with van der Waals surface area (Å²) in [6, 6.07) is 0. The van der Waals surface area contributed by atoms with Crippen molar-refractivity contribution in [2.45, 2.75) is 33.1 Å². The summed E-state index contributed by atoms with van der Waals surface area (Å²) in [5.41, 5.74) is 1.77. The normalized spacial score (nSPS) is 13.0. The first-order valence-corrected chi connectivity index (χ1v) is 4.52. The van der Waals surface area contributed by atoms with Gasteiger partial charge >= 0.3 is 0 Å². The molecule has 0 amide bonds. The van der Waals surface area contributed by atoms with Crippen molar-refractivity contribution in [3.05, 3.63) is 22.7 Å². The zero-order chi connectivity index (χ0) is 9.14. The third kappa shape index (κ3) is 1.95. The Balaban J connectivity index is 2.96. The zero-order valence-corrected chi connectivity index (χ0v) is 8.39. The first-order chi connectivity index (χ1) is 5.65. The van der Waals surface area contributed by atoms with Crippen molar-refractivity contribution in [3.63, 3.8) is 0 Å². The molecule has 1 heterocycles. The molecule has 3 heteroatoms. The van der Waals surface area contributed by atoms with Gasteiger partial charge in [0.1, 0.15) is 0 Å². The fourth-order valence-electron chi connectivity index (χ4n) is 0.886. The topological polar surface area (TPSA) is 25.8 Å². The zero-order valence-electron chi connectivity index (χ0n) is 7.63. The van der Waals surface area contributed by atoms with Crippen LogP contribution in [0.3, 0.4) is 0 Å². The van der Waals surface area contributed by atoms with Crippen LogP contribution in [0.25, 0.3) is 0 Å². The standard InChI is InChI=1S/C9H13ClN2/c1-4-6(2)8-5-11-7(3)9(10)12-8/h5-6H,4H2,1-3H3. The van der Waals surface area contributed by atoms with Crippen LogP contribution >= 0.6 is 11.6 Å². The van der Waals surface area contributed by atoms with Crippen LogP contribution in [-0.4, -0.2) is 9.97 Å². The van der Waals surface area contributed by atoms with Crippen molar-refractivity contribution < 1.29 is 0 Å². The summed E-state index contributed by atoms with van der Waals surface area (Å²) >= 11 is 5.84. The molecule has 1 atom stereocenters. The van der Waals surface area contributed by atoms with E-state index in [9.17, 15) is 0 Å². The van der Waals surface area contributed by atoms with E-state index in [1.165, 1.54) is 0 Å². The second kappa shape index (κ2) is 3.85. The van der Waals surface area contributed by atoms with E-state index < -0.39 is 0 Å². The molecule has 1 aromatic heterocycles. The molecule has 0 fully saturated rings. The van der Waals surface area contributed by atoms with Gasteiger partial charge in [0.05, 0.1) is 11.4 Å². The van der Waals surface area contributed by atoms with Crippen LogP contribution in [0.15, 0.2) is 6.20 Å². The van der Waals surface area contributed by atoms with Crippen molar-refractivity contribution in [2.75, 3.05) is 0 Å². The van der Waals surface area contributed by atoms with Gasteiger partial charge in [0.2, 0.25) is 0 Å². The van der Waals surface area contributed by atoms with Gasteiger partial charge in [0.15, 0.2) is 5.15 Å². The average Bonchev–Trinajstić information content (AvgIpc) is 2.08. The maximum absolute atomic E-state index is 5.84. The van der Waals surface area contributed by atoms with Gasteiger partial charge in [-0.3, -0.25) is 4.98 Å². The lowest BCUT2D eigenvalue weighted by atomic mass is 10.1. The number of rotatable bonds is 2.